The summed E-state index contributed by atoms with van der Waals surface area (Å²) in [6, 6.07) is 25.2. The van der Waals surface area contributed by atoms with Crippen LogP contribution >= 0.6 is 0 Å². The maximum absolute atomic E-state index is 13.1. The lowest BCUT2D eigenvalue weighted by Crippen LogP contribution is -2.16. The molecule has 0 amide bonds. The van der Waals surface area contributed by atoms with Gasteiger partial charge in [-0.15, -0.1) is 0 Å². The number of rotatable bonds is 5. The van der Waals surface area contributed by atoms with Crippen molar-refractivity contribution in [1.82, 2.24) is 0 Å². The van der Waals surface area contributed by atoms with Gasteiger partial charge in [-0.2, -0.15) is 0 Å². The number of carbonyl (C=O) groups excluding carboxylic acids is 1. The zero-order valence-electron chi connectivity index (χ0n) is 15.8. The molecule has 0 atom stereocenters. The summed E-state index contributed by atoms with van der Waals surface area (Å²) in [5.41, 5.74) is 1.44. The van der Waals surface area contributed by atoms with Crippen LogP contribution in [0.1, 0.15) is 10.6 Å². The van der Waals surface area contributed by atoms with Crippen molar-refractivity contribution < 1.29 is 18.4 Å². The predicted octanol–water partition coefficient (Wildman–Crippen LogP) is 5.47. The summed E-state index contributed by atoms with van der Waals surface area (Å²) in [6.45, 7) is -0.344. The minimum Gasteiger partial charge on any atom is -0.478 e. The van der Waals surface area contributed by atoms with Crippen molar-refractivity contribution in [3.05, 3.63) is 101 Å². The van der Waals surface area contributed by atoms with Crippen molar-refractivity contribution in [2.45, 2.75) is 0 Å². The number of hydrogen-bond acceptors (Lipinski definition) is 5. The van der Waals surface area contributed by atoms with Crippen LogP contribution in [0, 0.1) is 0 Å². The van der Waals surface area contributed by atoms with Crippen LogP contribution in [0.5, 0.6) is 5.75 Å². The third kappa shape index (κ3) is 3.16. The Labute approximate surface area is 171 Å². The first-order valence-electron chi connectivity index (χ1n) is 9.46. The van der Waals surface area contributed by atoms with Crippen LogP contribution in [-0.4, -0.2) is 12.4 Å². The Balaban J connectivity index is 1.53. The lowest BCUT2D eigenvalue weighted by atomic mass is 10.1. The summed E-state index contributed by atoms with van der Waals surface area (Å²) in [7, 11) is 0. The Hall–Kier alpha value is -4.12. The molecule has 2 aromatic heterocycles. The molecule has 5 aromatic rings. The minimum absolute atomic E-state index is 0.00404. The maximum atomic E-state index is 13.1. The van der Waals surface area contributed by atoms with E-state index >= 15 is 0 Å². The third-order valence-electron chi connectivity index (χ3n) is 4.84. The zero-order chi connectivity index (χ0) is 20.5. The van der Waals surface area contributed by atoms with Gasteiger partial charge in [0.2, 0.25) is 17.0 Å². The van der Waals surface area contributed by atoms with Crippen molar-refractivity contribution >= 4 is 27.7 Å². The van der Waals surface area contributed by atoms with Gasteiger partial charge in [0.15, 0.2) is 18.1 Å². The van der Waals surface area contributed by atoms with Gasteiger partial charge in [0, 0.05) is 10.9 Å². The van der Waals surface area contributed by atoms with E-state index in [4.69, 9.17) is 13.6 Å². The molecule has 30 heavy (non-hydrogen) atoms. The Morgan fingerprint density at radius 2 is 1.50 bits per heavy atom. The topological polar surface area (TPSA) is 69.7 Å². The van der Waals surface area contributed by atoms with E-state index in [0.29, 0.717) is 22.1 Å². The fraction of sp³-hybridized carbons (Fsp3) is 0.0400. The second kappa shape index (κ2) is 7.37. The molecule has 0 N–H and O–H groups in total. The Morgan fingerprint density at radius 1 is 0.800 bits per heavy atom. The molecule has 5 nitrogen and oxygen atoms in total. The Morgan fingerprint density at radius 3 is 2.30 bits per heavy atom. The van der Waals surface area contributed by atoms with E-state index in [2.05, 4.69) is 0 Å². The normalized spacial score (nSPS) is 11.1. The van der Waals surface area contributed by atoms with Gasteiger partial charge in [-0.05, 0) is 24.3 Å². The standard InChI is InChI=1S/C25H16O5/c26-19(22-14-17-10-4-6-12-20(17)29-22)15-28-25-23(27)18-11-5-7-13-21(18)30-24(25)16-8-2-1-3-9-16/h1-14H,15H2. The minimum atomic E-state index is -0.363. The van der Waals surface area contributed by atoms with E-state index in [1.165, 1.54) is 0 Å². The molecule has 0 saturated heterocycles. The second-order valence-corrected chi connectivity index (χ2v) is 6.81. The molecule has 146 valence electrons. The number of para-hydroxylation sites is 2. The van der Waals surface area contributed by atoms with Gasteiger partial charge in [0.1, 0.15) is 11.2 Å². The molecule has 0 aliphatic rings. The van der Waals surface area contributed by atoms with Gasteiger partial charge in [-0.1, -0.05) is 60.7 Å². The summed E-state index contributed by atoms with van der Waals surface area (Å²) in [5, 5.41) is 1.22. The quantitative estimate of drug-likeness (QED) is 0.369. The molecule has 0 saturated carbocycles. The van der Waals surface area contributed by atoms with Crippen LogP contribution in [0.25, 0.3) is 33.3 Å². The summed E-state index contributed by atoms with van der Waals surface area (Å²) < 4.78 is 17.3. The van der Waals surface area contributed by atoms with Crippen molar-refractivity contribution in [3.63, 3.8) is 0 Å². The van der Waals surface area contributed by atoms with Gasteiger partial charge in [0.05, 0.1) is 5.39 Å². The predicted molar refractivity (Wildman–Crippen MR) is 114 cm³/mol. The largest absolute Gasteiger partial charge is 0.478 e. The molecule has 0 unspecified atom stereocenters. The van der Waals surface area contributed by atoms with E-state index in [-0.39, 0.29) is 35.1 Å². The Kier molecular flexibility index (Phi) is 4.41. The molecule has 0 aliphatic carbocycles. The molecule has 0 bridgehead atoms. The average Bonchev–Trinajstić information content (AvgIpc) is 3.23. The van der Waals surface area contributed by atoms with E-state index in [9.17, 15) is 9.59 Å². The van der Waals surface area contributed by atoms with Crippen LogP contribution in [-0.2, 0) is 0 Å². The van der Waals surface area contributed by atoms with E-state index in [1.54, 1.807) is 36.4 Å². The highest BCUT2D eigenvalue weighted by Crippen LogP contribution is 2.31. The first kappa shape index (κ1) is 17.9. The smallest absolute Gasteiger partial charge is 0.235 e. The van der Waals surface area contributed by atoms with Gasteiger partial charge in [0.25, 0.3) is 0 Å². The van der Waals surface area contributed by atoms with Crippen molar-refractivity contribution in [2.24, 2.45) is 0 Å². The molecule has 5 rings (SSSR count). The SMILES string of the molecule is O=C(COc1c(-c2ccccc2)oc2ccccc2c1=O)c1cc2ccccc2o1. The fourth-order valence-electron chi connectivity index (χ4n) is 3.36. The van der Waals surface area contributed by atoms with Gasteiger partial charge in [-0.25, -0.2) is 0 Å². The number of hydrogen-bond donors (Lipinski definition) is 0. The first-order chi connectivity index (χ1) is 14.7. The number of Topliss-reactive ketones (excluding diaryl/α,β-unsaturated/α-hetero) is 1. The molecule has 3 aromatic carbocycles. The molecular weight excluding hydrogens is 380 g/mol. The van der Waals surface area contributed by atoms with E-state index < -0.39 is 0 Å². The molecule has 2 heterocycles. The van der Waals surface area contributed by atoms with Gasteiger partial charge in [-0.3, -0.25) is 9.59 Å². The van der Waals surface area contributed by atoms with E-state index in [0.717, 1.165) is 5.39 Å². The van der Waals surface area contributed by atoms with E-state index in [1.807, 2.05) is 48.5 Å². The monoisotopic (exact) mass is 396 g/mol. The molecule has 0 radical (unpaired) electrons. The second-order valence-electron chi connectivity index (χ2n) is 6.81. The van der Waals surface area contributed by atoms with Crippen molar-refractivity contribution in [1.29, 1.82) is 0 Å². The highest BCUT2D eigenvalue weighted by molar-refractivity contribution is 5.98. The summed E-state index contributed by atoms with van der Waals surface area (Å²) in [6.07, 6.45) is 0. The number of ketones is 1. The third-order valence-corrected chi connectivity index (χ3v) is 4.84. The molecule has 0 aliphatic heterocycles. The van der Waals surface area contributed by atoms with Crippen LogP contribution in [0.4, 0.5) is 0 Å². The maximum Gasteiger partial charge on any atom is 0.235 e. The summed E-state index contributed by atoms with van der Waals surface area (Å²) in [5.74, 6) is 0.112. The number of carbonyl (C=O) groups is 1. The van der Waals surface area contributed by atoms with Crippen LogP contribution < -0.4 is 10.2 Å². The zero-order valence-corrected chi connectivity index (χ0v) is 15.8. The molecule has 0 spiro atoms. The number of benzene rings is 3. The average molecular weight is 396 g/mol. The Bertz CT molecular complexity index is 1390. The molecule has 0 fully saturated rings. The van der Waals surface area contributed by atoms with Gasteiger partial charge >= 0.3 is 0 Å². The van der Waals surface area contributed by atoms with Crippen LogP contribution in [0.2, 0.25) is 0 Å². The first-order valence-corrected chi connectivity index (χ1v) is 9.46. The number of ether oxygens (including phenoxy) is 1. The number of furan rings is 1. The van der Waals surface area contributed by atoms with Crippen LogP contribution in [0.3, 0.4) is 0 Å². The lowest BCUT2D eigenvalue weighted by Gasteiger charge is -2.11. The molecular formula is C25H16O5. The van der Waals surface area contributed by atoms with Crippen molar-refractivity contribution in [2.75, 3.05) is 6.61 Å². The van der Waals surface area contributed by atoms with Crippen molar-refractivity contribution in [3.8, 4) is 17.1 Å². The highest BCUT2D eigenvalue weighted by atomic mass is 16.5. The number of fused-ring (bicyclic) bond motifs is 2. The lowest BCUT2D eigenvalue weighted by molar-refractivity contribution is 0.0894. The fourth-order valence-corrected chi connectivity index (χ4v) is 3.36. The van der Waals surface area contributed by atoms with Gasteiger partial charge < -0.3 is 13.6 Å². The molecule has 5 heteroatoms. The van der Waals surface area contributed by atoms with Crippen LogP contribution in [0.15, 0.2) is 98.6 Å². The summed E-state index contributed by atoms with van der Waals surface area (Å²) in [4.78, 5) is 25.8. The highest BCUT2D eigenvalue weighted by Gasteiger charge is 2.20. The summed E-state index contributed by atoms with van der Waals surface area (Å²) >= 11 is 0.